The molecule has 0 aliphatic heterocycles. The van der Waals surface area contributed by atoms with Gasteiger partial charge in [-0.05, 0) is 61.3 Å². The van der Waals surface area contributed by atoms with Gasteiger partial charge in [0.1, 0.15) is 10.8 Å². The fourth-order valence-electron chi connectivity index (χ4n) is 3.11. The molecule has 0 amide bonds. The molecule has 0 atom stereocenters. The Balaban J connectivity index is 0.00000363. The second-order valence-electron chi connectivity index (χ2n) is 7.06. The summed E-state index contributed by atoms with van der Waals surface area (Å²) in [6.45, 7) is 2.46. The van der Waals surface area contributed by atoms with Crippen LogP contribution >= 0.6 is 23.9 Å². The second kappa shape index (κ2) is 13.1. The zero-order valence-corrected chi connectivity index (χ0v) is 20.5. The zero-order chi connectivity index (χ0) is 22.1. The van der Waals surface area contributed by atoms with Gasteiger partial charge in [-0.2, -0.15) is 4.98 Å². The summed E-state index contributed by atoms with van der Waals surface area (Å²) < 4.78 is 26.0. The van der Waals surface area contributed by atoms with Gasteiger partial charge in [-0.3, -0.25) is 0 Å². The lowest BCUT2D eigenvalue weighted by Gasteiger charge is -2.17. The summed E-state index contributed by atoms with van der Waals surface area (Å²) in [6.07, 6.45) is 1.84. The van der Waals surface area contributed by atoms with Gasteiger partial charge >= 0.3 is 6.01 Å². The highest BCUT2D eigenvalue weighted by molar-refractivity contribution is 7.09. The van der Waals surface area contributed by atoms with Crippen LogP contribution in [0.3, 0.4) is 0 Å². The summed E-state index contributed by atoms with van der Waals surface area (Å²) >= 11 is 1.33. The van der Waals surface area contributed by atoms with Gasteiger partial charge in [0.05, 0.1) is 27.9 Å². The van der Waals surface area contributed by atoms with E-state index in [1.807, 2.05) is 36.4 Å². The monoisotopic (exact) mass is 479 g/mol. The van der Waals surface area contributed by atoms with Gasteiger partial charge in [0.15, 0.2) is 11.5 Å². The molecular weight excluding hydrogens is 450 g/mol. The third-order valence-corrected chi connectivity index (χ3v) is 5.62. The van der Waals surface area contributed by atoms with Crippen molar-refractivity contribution in [3.05, 3.63) is 48.0 Å². The summed E-state index contributed by atoms with van der Waals surface area (Å²) in [5.41, 5.74) is 2.19. The number of methoxy groups -OCH3 is 3. The number of likely N-dealkylation sites (N-methyl/N-ethyl adjacent to an activating group) is 1. The molecule has 0 saturated heterocycles. The van der Waals surface area contributed by atoms with E-state index in [9.17, 15) is 0 Å². The molecule has 1 heterocycles. The Morgan fingerprint density at radius 2 is 1.75 bits per heavy atom. The lowest BCUT2D eigenvalue weighted by molar-refractivity contribution is 0.253. The quantitative estimate of drug-likeness (QED) is 0.352. The van der Waals surface area contributed by atoms with Gasteiger partial charge in [0.25, 0.3) is 0 Å². The number of rotatable bonds is 12. The lowest BCUT2D eigenvalue weighted by Crippen LogP contribution is -2.23. The molecule has 3 rings (SSSR count). The van der Waals surface area contributed by atoms with Crippen LogP contribution in [0.2, 0.25) is 0 Å². The SMILES string of the molecule is COc1cccc(-c2nc(OCCCN(C)CCc3ccc(OC)c(OC)c3)ns2)c1.Cl. The molecule has 0 saturated carbocycles. The Kier molecular flexibility index (Phi) is 10.5. The average Bonchev–Trinajstić information content (AvgIpc) is 3.29. The van der Waals surface area contributed by atoms with Crippen LogP contribution in [0.1, 0.15) is 12.0 Å². The number of halogens is 1. The fraction of sp³-hybridized carbons (Fsp3) is 0.391. The van der Waals surface area contributed by atoms with Crippen LogP contribution < -0.4 is 18.9 Å². The van der Waals surface area contributed by atoms with Crippen LogP contribution in [-0.4, -0.2) is 62.3 Å². The van der Waals surface area contributed by atoms with Crippen molar-refractivity contribution in [3.63, 3.8) is 0 Å². The van der Waals surface area contributed by atoms with E-state index in [1.54, 1.807) is 21.3 Å². The summed E-state index contributed by atoms with van der Waals surface area (Å²) in [7, 11) is 7.07. The Labute approximate surface area is 199 Å². The van der Waals surface area contributed by atoms with Gasteiger partial charge in [0.2, 0.25) is 0 Å². The van der Waals surface area contributed by atoms with Crippen molar-refractivity contribution < 1.29 is 18.9 Å². The number of benzene rings is 2. The van der Waals surface area contributed by atoms with E-state index in [1.165, 1.54) is 17.1 Å². The summed E-state index contributed by atoms with van der Waals surface area (Å²) in [6, 6.07) is 14.3. The van der Waals surface area contributed by atoms with Gasteiger partial charge in [-0.25, -0.2) is 0 Å². The largest absolute Gasteiger partial charge is 0.497 e. The predicted octanol–water partition coefficient (Wildman–Crippen LogP) is 4.60. The Morgan fingerprint density at radius 1 is 0.938 bits per heavy atom. The molecule has 9 heteroatoms. The van der Waals surface area contributed by atoms with Crippen LogP contribution in [0.25, 0.3) is 10.6 Å². The topological polar surface area (TPSA) is 65.9 Å². The molecular formula is C23H30ClN3O4S. The number of hydrogen-bond donors (Lipinski definition) is 0. The molecule has 1 aromatic heterocycles. The van der Waals surface area contributed by atoms with Gasteiger partial charge < -0.3 is 23.8 Å². The van der Waals surface area contributed by atoms with E-state index in [-0.39, 0.29) is 12.4 Å². The van der Waals surface area contributed by atoms with Crippen LogP contribution in [0.15, 0.2) is 42.5 Å². The molecule has 0 N–H and O–H groups in total. The minimum atomic E-state index is 0. The molecule has 0 aliphatic carbocycles. The molecule has 0 aliphatic rings. The molecule has 174 valence electrons. The summed E-state index contributed by atoms with van der Waals surface area (Å²) in [5.74, 6) is 2.31. The fourth-order valence-corrected chi connectivity index (χ4v) is 3.72. The second-order valence-corrected chi connectivity index (χ2v) is 7.81. The first-order valence-electron chi connectivity index (χ1n) is 10.1. The molecule has 3 aromatic rings. The Morgan fingerprint density at radius 3 is 2.50 bits per heavy atom. The highest BCUT2D eigenvalue weighted by atomic mass is 35.5. The van der Waals surface area contributed by atoms with E-state index in [2.05, 4.69) is 27.4 Å². The maximum Gasteiger partial charge on any atom is 0.328 e. The molecule has 0 fully saturated rings. The van der Waals surface area contributed by atoms with Gasteiger partial charge in [-0.1, -0.05) is 18.2 Å². The molecule has 32 heavy (non-hydrogen) atoms. The number of aromatic nitrogens is 2. The maximum atomic E-state index is 5.73. The maximum absolute atomic E-state index is 5.73. The number of nitrogens with zero attached hydrogens (tertiary/aromatic N) is 3. The first-order valence-corrected chi connectivity index (χ1v) is 10.9. The van der Waals surface area contributed by atoms with Crippen LogP contribution in [0, 0.1) is 0 Å². The molecule has 0 radical (unpaired) electrons. The average molecular weight is 480 g/mol. The predicted molar refractivity (Wildman–Crippen MR) is 130 cm³/mol. The van der Waals surface area contributed by atoms with E-state index in [0.29, 0.717) is 12.6 Å². The minimum Gasteiger partial charge on any atom is -0.497 e. The highest BCUT2D eigenvalue weighted by Crippen LogP contribution is 2.28. The van der Waals surface area contributed by atoms with Crippen molar-refractivity contribution in [3.8, 4) is 33.8 Å². The third kappa shape index (κ3) is 7.25. The van der Waals surface area contributed by atoms with Gasteiger partial charge in [0, 0.05) is 18.7 Å². The zero-order valence-electron chi connectivity index (χ0n) is 18.9. The third-order valence-electron chi connectivity index (χ3n) is 4.87. The lowest BCUT2D eigenvalue weighted by atomic mass is 10.1. The Hall–Kier alpha value is -2.55. The molecule has 2 aromatic carbocycles. The molecule has 7 nitrogen and oxygen atoms in total. The van der Waals surface area contributed by atoms with Crippen molar-refractivity contribution in [2.45, 2.75) is 12.8 Å². The van der Waals surface area contributed by atoms with Gasteiger partial charge in [-0.15, -0.1) is 16.8 Å². The van der Waals surface area contributed by atoms with Crippen molar-refractivity contribution in [2.75, 3.05) is 48.1 Å². The van der Waals surface area contributed by atoms with E-state index in [0.717, 1.165) is 53.8 Å². The number of ether oxygens (including phenoxy) is 4. The minimum absolute atomic E-state index is 0. The van der Waals surface area contributed by atoms with Crippen LogP contribution in [0.4, 0.5) is 0 Å². The standard InChI is InChI=1S/C23H29N3O4S.ClH/c1-26(13-11-17-9-10-20(28-3)21(15-17)29-4)12-6-14-30-23-24-22(31-25-23)18-7-5-8-19(16-18)27-2;/h5,7-10,15-16H,6,11-14H2,1-4H3;1H. The number of hydrogen-bond acceptors (Lipinski definition) is 8. The highest BCUT2D eigenvalue weighted by Gasteiger charge is 2.09. The summed E-state index contributed by atoms with van der Waals surface area (Å²) in [5, 5.41) is 0.820. The van der Waals surface area contributed by atoms with Crippen molar-refractivity contribution in [2.24, 2.45) is 0 Å². The first kappa shape index (κ1) is 25.7. The molecule has 0 spiro atoms. The van der Waals surface area contributed by atoms with Crippen molar-refractivity contribution in [1.82, 2.24) is 14.3 Å². The molecule has 0 bridgehead atoms. The molecule has 0 unspecified atom stereocenters. The van der Waals surface area contributed by atoms with E-state index in [4.69, 9.17) is 18.9 Å². The van der Waals surface area contributed by atoms with Crippen molar-refractivity contribution in [1.29, 1.82) is 0 Å². The van der Waals surface area contributed by atoms with Crippen LogP contribution in [0.5, 0.6) is 23.3 Å². The van der Waals surface area contributed by atoms with Crippen molar-refractivity contribution >= 4 is 23.9 Å². The normalized spacial score (nSPS) is 10.5. The Bertz CT molecular complexity index is 970. The van der Waals surface area contributed by atoms with Crippen LogP contribution in [-0.2, 0) is 6.42 Å². The first-order chi connectivity index (χ1) is 15.1. The summed E-state index contributed by atoms with van der Waals surface area (Å²) in [4.78, 5) is 6.76. The van der Waals surface area contributed by atoms with E-state index >= 15 is 0 Å². The smallest absolute Gasteiger partial charge is 0.328 e. The van der Waals surface area contributed by atoms with E-state index < -0.39 is 0 Å².